The number of hydrogen-bond donors (Lipinski definition) is 1. The van der Waals surface area contributed by atoms with Gasteiger partial charge in [-0.25, -0.2) is 0 Å². The van der Waals surface area contributed by atoms with E-state index in [1.807, 2.05) is 47.0 Å². The Bertz CT molecular complexity index is 617. The molecule has 0 unspecified atom stereocenters. The van der Waals surface area contributed by atoms with Crippen molar-refractivity contribution in [2.75, 3.05) is 0 Å². The SMILES string of the molecule is Sc1nnc(-c2ccco2)n1-c1ccccc1. The number of rotatable bonds is 2. The van der Waals surface area contributed by atoms with Gasteiger partial charge in [-0.3, -0.25) is 4.57 Å². The van der Waals surface area contributed by atoms with Crippen LogP contribution < -0.4 is 0 Å². The van der Waals surface area contributed by atoms with Crippen molar-refractivity contribution in [2.45, 2.75) is 5.16 Å². The minimum Gasteiger partial charge on any atom is -0.461 e. The second-order valence-corrected chi connectivity index (χ2v) is 3.87. The van der Waals surface area contributed by atoms with E-state index in [9.17, 15) is 0 Å². The summed E-state index contributed by atoms with van der Waals surface area (Å²) in [7, 11) is 0. The summed E-state index contributed by atoms with van der Waals surface area (Å²) in [5.41, 5.74) is 0.953. The Kier molecular flexibility index (Phi) is 2.45. The minimum absolute atomic E-state index is 0.530. The van der Waals surface area contributed by atoms with Gasteiger partial charge in [-0.1, -0.05) is 18.2 Å². The molecule has 4 nitrogen and oxygen atoms in total. The van der Waals surface area contributed by atoms with Crippen molar-refractivity contribution in [3.8, 4) is 17.3 Å². The molecule has 0 spiro atoms. The molecule has 0 aliphatic rings. The quantitative estimate of drug-likeness (QED) is 0.704. The van der Waals surface area contributed by atoms with Crippen molar-refractivity contribution >= 4 is 12.6 Å². The van der Waals surface area contributed by atoms with Crippen LogP contribution in [-0.2, 0) is 0 Å². The Hall–Kier alpha value is -2.01. The van der Waals surface area contributed by atoms with Crippen molar-refractivity contribution in [3.05, 3.63) is 48.7 Å². The van der Waals surface area contributed by atoms with E-state index in [0.29, 0.717) is 16.7 Å². The monoisotopic (exact) mass is 243 g/mol. The lowest BCUT2D eigenvalue weighted by molar-refractivity contribution is 0.575. The molecule has 0 aliphatic carbocycles. The molecule has 3 rings (SSSR count). The van der Waals surface area contributed by atoms with Crippen molar-refractivity contribution in [1.29, 1.82) is 0 Å². The summed E-state index contributed by atoms with van der Waals surface area (Å²) in [5.74, 6) is 1.31. The average Bonchev–Trinajstić information content (AvgIpc) is 2.98. The first kappa shape index (κ1) is 10.2. The van der Waals surface area contributed by atoms with Gasteiger partial charge in [0.15, 0.2) is 10.9 Å². The number of thiol groups is 1. The fourth-order valence-electron chi connectivity index (χ4n) is 1.66. The van der Waals surface area contributed by atoms with Gasteiger partial charge in [0, 0.05) is 5.69 Å². The first-order valence-electron chi connectivity index (χ1n) is 5.10. The smallest absolute Gasteiger partial charge is 0.205 e. The first-order chi connectivity index (χ1) is 8.36. The van der Waals surface area contributed by atoms with Crippen LogP contribution in [-0.4, -0.2) is 14.8 Å². The summed E-state index contributed by atoms with van der Waals surface area (Å²) in [4.78, 5) is 0. The number of hydrogen-bond acceptors (Lipinski definition) is 4. The Balaban J connectivity index is 2.20. The summed E-state index contributed by atoms with van der Waals surface area (Å²) in [6.45, 7) is 0. The molecule has 2 heterocycles. The van der Waals surface area contributed by atoms with Crippen LogP contribution in [0.15, 0.2) is 58.3 Å². The molecule has 2 aromatic heterocycles. The van der Waals surface area contributed by atoms with Crippen LogP contribution in [0.25, 0.3) is 17.3 Å². The van der Waals surface area contributed by atoms with Crippen LogP contribution >= 0.6 is 12.6 Å². The highest BCUT2D eigenvalue weighted by Crippen LogP contribution is 2.24. The van der Waals surface area contributed by atoms with E-state index >= 15 is 0 Å². The zero-order valence-corrected chi connectivity index (χ0v) is 9.71. The number of benzene rings is 1. The van der Waals surface area contributed by atoms with E-state index < -0.39 is 0 Å². The van der Waals surface area contributed by atoms with Crippen molar-refractivity contribution in [3.63, 3.8) is 0 Å². The predicted molar refractivity (Wildman–Crippen MR) is 66.3 cm³/mol. The summed E-state index contributed by atoms with van der Waals surface area (Å²) in [6.07, 6.45) is 1.61. The van der Waals surface area contributed by atoms with Crippen molar-refractivity contribution in [2.24, 2.45) is 0 Å². The predicted octanol–water partition coefficient (Wildman–Crippen LogP) is 2.82. The minimum atomic E-state index is 0.530. The topological polar surface area (TPSA) is 43.9 Å². The standard InChI is InChI=1S/C12H9N3OS/c17-12-14-13-11(10-7-4-8-16-10)15(12)9-5-2-1-3-6-9/h1-8H,(H,14,17). The fourth-order valence-corrected chi connectivity index (χ4v) is 1.91. The van der Waals surface area contributed by atoms with E-state index in [0.717, 1.165) is 5.69 Å². The lowest BCUT2D eigenvalue weighted by Gasteiger charge is -2.05. The third-order valence-corrected chi connectivity index (χ3v) is 2.69. The van der Waals surface area contributed by atoms with E-state index in [1.54, 1.807) is 6.26 Å². The van der Waals surface area contributed by atoms with Crippen LogP contribution in [0.4, 0.5) is 0 Å². The Labute approximate surface area is 103 Å². The number of nitrogens with zero attached hydrogens (tertiary/aromatic N) is 3. The molecule has 3 aromatic rings. The first-order valence-corrected chi connectivity index (χ1v) is 5.54. The Morgan fingerprint density at radius 2 is 1.82 bits per heavy atom. The van der Waals surface area contributed by atoms with Gasteiger partial charge in [0.05, 0.1) is 6.26 Å². The fraction of sp³-hybridized carbons (Fsp3) is 0. The zero-order valence-electron chi connectivity index (χ0n) is 8.82. The van der Waals surface area contributed by atoms with Gasteiger partial charge in [-0.05, 0) is 24.3 Å². The highest BCUT2D eigenvalue weighted by Gasteiger charge is 2.14. The molecule has 5 heteroatoms. The van der Waals surface area contributed by atoms with Crippen LogP contribution in [0.3, 0.4) is 0 Å². The molecule has 0 radical (unpaired) electrons. The van der Waals surface area contributed by atoms with Crippen LogP contribution in [0.2, 0.25) is 0 Å². The molecule has 0 atom stereocenters. The van der Waals surface area contributed by atoms with Crippen LogP contribution in [0.5, 0.6) is 0 Å². The van der Waals surface area contributed by atoms with Crippen molar-refractivity contribution < 1.29 is 4.42 Å². The molecule has 1 aromatic carbocycles. The van der Waals surface area contributed by atoms with Gasteiger partial charge in [-0.2, -0.15) is 0 Å². The maximum absolute atomic E-state index is 5.34. The molecule has 0 N–H and O–H groups in total. The molecule has 0 saturated carbocycles. The maximum atomic E-state index is 5.34. The maximum Gasteiger partial charge on any atom is 0.205 e. The third-order valence-electron chi connectivity index (χ3n) is 2.40. The van der Waals surface area contributed by atoms with E-state index in [-0.39, 0.29) is 0 Å². The molecule has 0 amide bonds. The highest BCUT2D eigenvalue weighted by atomic mass is 32.1. The Morgan fingerprint density at radius 3 is 2.53 bits per heavy atom. The number of aromatic nitrogens is 3. The van der Waals surface area contributed by atoms with Gasteiger partial charge in [0.1, 0.15) is 0 Å². The van der Waals surface area contributed by atoms with E-state index in [2.05, 4.69) is 22.8 Å². The van der Waals surface area contributed by atoms with E-state index in [1.165, 1.54) is 0 Å². The molecule has 0 fully saturated rings. The van der Waals surface area contributed by atoms with Crippen LogP contribution in [0, 0.1) is 0 Å². The number of para-hydroxylation sites is 1. The molecule has 84 valence electrons. The average molecular weight is 243 g/mol. The zero-order chi connectivity index (χ0) is 11.7. The van der Waals surface area contributed by atoms with Gasteiger partial charge in [0.25, 0.3) is 0 Å². The lowest BCUT2D eigenvalue weighted by Crippen LogP contribution is -1.97. The van der Waals surface area contributed by atoms with Crippen molar-refractivity contribution in [1.82, 2.24) is 14.8 Å². The number of furan rings is 1. The second-order valence-electron chi connectivity index (χ2n) is 3.47. The van der Waals surface area contributed by atoms with Crippen LogP contribution in [0.1, 0.15) is 0 Å². The van der Waals surface area contributed by atoms with Gasteiger partial charge < -0.3 is 4.42 Å². The van der Waals surface area contributed by atoms with Gasteiger partial charge in [-0.15, -0.1) is 22.8 Å². The highest BCUT2D eigenvalue weighted by molar-refractivity contribution is 7.80. The molecule has 0 saturated heterocycles. The molecular weight excluding hydrogens is 234 g/mol. The molecule has 17 heavy (non-hydrogen) atoms. The van der Waals surface area contributed by atoms with E-state index in [4.69, 9.17) is 4.42 Å². The largest absolute Gasteiger partial charge is 0.461 e. The second kappa shape index (κ2) is 4.10. The Morgan fingerprint density at radius 1 is 1.00 bits per heavy atom. The molecule has 0 bridgehead atoms. The summed E-state index contributed by atoms with van der Waals surface area (Å²) in [5, 5.41) is 8.57. The summed E-state index contributed by atoms with van der Waals surface area (Å²) >= 11 is 4.31. The third kappa shape index (κ3) is 1.74. The van der Waals surface area contributed by atoms with Gasteiger partial charge >= 0.3 is 0 Å². The van der Waals surface area contributed by atoms with Gasteiger partial charge in [0.2, 0.25) is 5.82 Å². The lowest BCUT2D eigenvalue weighted by atomic mass is 10.3. The molecule has 0 aliphatic heterocycles. The summed E-state index contributed by atoms with van der Waals surface area (Å²) in [6, 6.07) is 13.5. The summed E-state index contributed by atoms with van der Waals surface area (Å²) < 4.78 is 7.17. The molecular formula is C12H9N3OS. The normalized spacial score (nSPS) is 10.6.